The Kier molecular flexibility index (Phi) is 7.78. The number of sulfonamides is 1. The number of nitro groups is 1. The van der Waals surface area contributed by atoms with Gasteiger partial charge in [-0.05, 0) is 39.2 Å². The molecule has 1 aromatic rings. The van der Waals surface area contributed by atoms with Gasteiger partial charge in [-0.1, -0.05) is 26.7 Å². The van der Waals surface area contributed by atoms with Gasteiger partial charge in [-0.15, -0.1) is 0 Å². The first-order valence-electron chi connectivity index (χ1n) is 8.30. The van der Waals surface area contributed by atoms with Crippen LogP contribution in [0.1, 0.15) is 26.7 Å². The van der Waals surface area contributed by atoms with Crippen LogP contribution in [0.15, 0.2) is 23.1 Å². The maximum absolute atomic E-state index is 11.8. The second-order valence-corrected chi connectivity index (χ2v) is 8.02. The molecule has 25 heavy (non-hydrogen) atoms. The molecule has 0 aliphatic carbocycles. The average molecular weight is 372 g/mol. The highest BCUT2D eigenvalue weighted by Gasteiger charge is 2.24. The maximum Gasteiger partial charge on any atom is 0.293 e. The molecule has 1 unspecified atom stereocenters. The van der Waals surface area contributed by atoms with Gasteiger partial charge in [-0.25, -0.2) is 13.1 Å². The van der Waals surface area contributed by atoms with Crippen LogP contribution in [-0.2, 0) is 10.0 Å². The van der Waals surface area contributed by atoms with Crippen LogP contribution in [0.2, 0.25) is 0 Å². The molecule has 0 amide bonds. The summed E-state index contributed by atoms with van der Waals surface area (Å²) in [6.45, 7) is 4.80. The Labute approximate surface area is 149 Å². The molecule has 0 spiro atoms. The minimum Gasteiger partial charge on any atom is -0.378 e. The molecule has 1 atom stereocenters. The maximum atomic E-state index is 11.8. The quantitative estimate of drug-likeness (QED) is 0.482. The second-order valence-electron chi connectivity index (χ2n) is 6.13. The Morgan fingerprint density at radius 2 is 1.84 bits per heavy atom. The number of benzene rings is 1. The Morgan fingerprint density at radius 3 is 2.28 bits per heavy atom. The molecule has 1 aromatic carbocycles. The molecule has 0 aliphatic heterocycles. The van der Waals surface area contributed by atoms with Crippen molar-refractivity contribution < 1.29 is 13.3 Å². The third-order valence-corrected chi connectivity index (χ3v) is 5.91. The molecule has 0 aliphatic rings. The lowest BCUT2D eigenvalue weighted by Crippen LogP contribution is -2.40. The van der Waals surface area contributed by atoms with Crippen LogP contribution in [-0.4, -0.2) is 52.0 Å². The van der Waals surface area contributed by atoms with Gasteiger partial charge in [-0.3, -0.25) is 10.1 Å². The monoisotopic (exact) mass is 372 g/mol. The fourth-order valence-corrected chi connectivity index (χ4v) is 3.66. The van der Waals surface area contributed by atoms with Crippen molar-refractivity contribution in [3.63, 3.8) is 0 Å². The Morgan fingerprint density at radius 1 is 1.24 bits per heavy atom. The summed E-state index contributed by atoms with van der Waals surface area (Å²) in [5, 5.41) is 14.5. The molecule has 0 bridgehead atoms. The van der Waals surface area contributed by atoms with Gasteiger partial charge in [0, 0.05) is 18.7 Å². The molecule has 0 heterocycles. The summed E-state index contributed by atoms with van der Waals surface area (Å²) < 4.78 is 25.9. The van der Waals surface area contributed by atoms with Gasteiger partial charge in [0.05, 0.1) is 9.82 Å². The molecule has 0 aromatic heterocycles. The molecule has 142 valence electrons. The van der Waals surface area contributed by atoms with Gasteiger partial charge < -0.3 is 10.2 Å². The molecule has 9 heteroatoms. The van der Waals surface area contributed by atoms with Gasteiger partial charge in [0.15, 0.2) is 0 Å². The summed E-state index contributed by atoms with van der Waals surface area (Å²) in [6, 6.07) is 4.11. The van der Waals surface area contributed by atoms with Crippen molar-refractivity contribution in [3.8, 4) is 0 Å². The van der Waals surface area contributed by atoms with Crippen molar-refractivity contribution in [2.45, 2.75) is 37.6 Å². The molecule has 0 radical (unpaired) electrons. The lowest BCUT2D eigenvalue weighted by Gasteiger charge is -2.31. The normalized spacial score (nSPS) is 13.2. The van der Waals surface area contributed by atoms with Gasteiger partial charge in [0.1, 0.15) is 5.69 Å². The zero-order chi connectivity index (χ0) is 19.2. The predicted octanol–water partition coefficient (Wildman–Crippen LogP) is 2.28. The Bertz CT molecular complexity index is 687. The molecular formula is C16H28N4O4S. The van der Waals surface area contributed by atoms with E-state index >= 15 is 0 Å². The van der Waals surface area contributed by atoms with Crippen molar-refractivity contribution in [2.75, 3.05) is 33.0 Å². The van der Waals surface area contributed by atoms with E-state index in [1.165, 1.54) is 19.2 Å². The minimum atomic E-state index is -3.73. The molecule has 0 fully saturated rings. The highest BCUT2D eigenvalue weighted by Crippen LogP contribution is 2.28. The van der Waals surface area contributed by atoms with Crippen LogP contribution < -0.4 is 10.0 Å². The van der Waals surface area contributed by atoms with E-state index in [0.29, 0.717) is 18.2 Å². The van der Waals surface area contributed by atoms with Gasteiger partial charge in [0.25, 0.3) is 5.69 Å². The molecule has 0 saturated heterocycles. The second kappa shape index (κ2) is 9.12. The standard InChI is InChI=1S/C16H28N4O4S/c1-6-12(7-2)16(19(4)5)11-18-14-9-8-13(25(23,24)17-3)10-15(14)20(21)22/h8-10,12,16-18H,6-7,11H2,1-5H3. The highest BCUT2D eigenvalue weighted by molar-refractivity contribution is 7.89. The first-order chi connectivity index (χ1) is 11.7. The summed E-state index contributed by atoms with van der Waals surface area (Å²) >= 11 is 0. The van der Waals surface area contributed by atoms with Crippen LogP contribution in [0.3, 0.4) is 0 Å². The summed E-state index contributed by atoms with van der Waals surface area (Å²) in [4.78, 5) is 12.8. The summed E-state index contributed by atoms with van der Waals surface area (Å²) in [5.74, 6) is 0.463. The first kappa shape index (κ1) is 21.3. The number of likely N-dealkylation sites (N-methyl/N-ethyl adjacent to an activating group) is 1. The summed E-state index contributed by atoms with van der Waals surface area (Å²) in [5.41, 5.74) is 0.0660. The van der Waals surface area contributed by atoms with E-state index in [1.54, 1.807) is 0 Å². The highest BCUT2D eigenvalue weighted by atomic mass is 32.2. The Hall–Kier alpha value is -1.71. The molecule has 2 N–H and O–H groups in total. The SMILES string of the molecule is CCC(CC)C(CNc1ccc(S(=O)(=O)NC)cc1[N+](=O)[O-])N(C)C. The molecular weight excluding hydrogens is 344 g/mol. The van der Waals surface area contributed by atoms with Gasteiger partial charge >= 0.3 is 0 Å². The van der Waals surface area contributed by atoms with Gasteiger partial charge in [-0.2, -0.15) is 0 Å². The van der Waals surface area contributed by atoms with E-state index in [2.05, 4.69) is 28.8 Å². The number of hydrogen-bond acceptors (Lipinski definition) is 6. The van der Waals surface area contributed by atoms with Crippen LogP contribution in [0, 0.1) is 16.0 Å². The van der Waals surface area contributed by atoms with Crippen molar-refractivity contribution >= 4 is 21.4 Å². The van der Waals surface area contributed by atoms with E-state index in [-0.39, 0.29) is 16.6 Å². The van der Waals surface area contributed by atoms with E-state index in [9.17, 15) is 18.5 Å². The average Bonchev–Trinajstić information content (AvgIpc) is 2.57. The Balaban J connectivity index is 3.11. The molecule has 8 nitrogen and oxygen atoms in total. The third-order valence-electron chi connectivity index (χ3n) is 4.50. The lowest BCUT2D eigenvalue weighted by atomic mass is 9.93. The smallest absolute Gasteiger partial charge is 0.293 e. The van der Waals surface area contributed by atoms with Crippen LogP contribution in [0.25, 0.3) is 0 Å². The summed E-state index contributed by atoms with van der Waals surface area (Å²) in [6.07, 6.45) is 2.03. The first-order valence-corrected chi connectivity index (χ1v) is 9.78. The fraction of sp³-hybridized carbons (Fsp3) is 0.625. The largest absolute Gasteiger partial charge is 0.378 e. The number of hydrogen-bond donors (Lipinski definition) is 2. The molecule has 1 rings (SSSR count). The van der Waals surface area contributed by atoms with Gasteiger partial charge in [0.2, 0.25) is 10.0 Å². The topological polar surface area (TPSA) is 105 Å². The van der Waals surface area contributed by atoms with Crippen LogP contribution in [0.4, 0.5) is 11.4 Å². The zero-order valence-electron chi connectivity index (χ0n) is 15.4. The number of rotatable bonds is 10. The van der Waals surface area contributed by atoms with Crippen molar-refractivity contribution in [2.24, 2.45) is 5.92 Å². The number of nitro benzene ring substituents is 1. The lowest BCUT2D eigenvalue weighted by molar-refractivity contribution is -0.384. The van der Waals surface area contributed by atoms with E-state index in [0.717, 1.165) is 18.9 Å². The third kappa shape index (κ3) is 5.38. The number of anilines is 1. The number of nitrogens with zero attached hydrogens (tertiary/aromatic N) is 2. The van der Waals surface area contributed by atoms with Crippen LogP contribution in [0.5, 0.6) is 0 Å². The van der Waals surface area contributed by atoms with Crippen LogP contribution >= 0.6 is 0 Å². The van der Waals surface area contributed by atoms with Crippen molar-refractivity contribution in [3.05, 3.63) is 28.3 Å². The predicted molar refractivity (Wildman–Crippen MR) is 99.4 cm³/mol. The van der Waals surface area contributed by atoms with Crippen molar-refractivity contribution in [1.29, 1.82) is 0 Å². The fourth-order valence-electron chi connectivity index (χ4n) is 2.92. The molecule has 0 saturated carbocycles. The minimum absolute atomic E-state index is 0.128. The number of nitrogens with one attached hydrogen (secondary N) is 2. The van der Waals surface area contributed by atoms with E-state index in [4.69, 9.17) is 0 Å². The zero-order valence-corrected chi connectivity index (χ0v) is 16.3. The summed E-state index contributed by atoms with van der Waals surface area (Å²) in [7, 11) is 1.52. The van der Waals surface area contributed by atoms with Crippen molar-refractivity contribution in [1.82, 2.24) is 9.62 Å². The van der Waals surface area contributed by atoms with E-state index < -0.39 is 14.9 Å². The van der Waals surface area contributed by atoms with E-state index in [1.807, 2.05) is 14.1 Å².